The molecule has 1 amide bonds. The standard InChI is InChI=1S/C28H23Cl3N6O2S2/c1-28(2)10-19-24(20(38)11-28)22(23-17(30)7-4-8-18(23)31)16(12-32)25(33)37(19)26-35-36-27(41-26)40-13-21(39)34-15-6-3-5-14(29)9-15/h3-9,22H,10-11,13,33H2,1-2H3,(H,34,39). The predicted octanol–water partition coefficient (Wildman–Crippen LogP) is 7.17. The lowest BCUT2D eigenvalue weighted by Gasteiger charge is -2.42. The molecule has 1 atom stereocenters. The van der Waals surface area contributed by atoms with Crippen LogP contribution in [0.5, 0.6) is 0 Å². The van der Waals surface area contributed by atoms with E-state index in [0.29, 0.717) is 53.5 Å². The zero-order valence-corrected chi connectivity index (χ0v) is 25.8. The van der Waals surface area contributed by atoms with E-state index in [4.69, 9.17) is 40.5 Å². The highest BCUT2D eigenvalue weighted by Crippen LogP contribution is 2.52. The van der Waals surface area contributed by atoms with Gasteiger partial charge < -0.3 is 11.1 Å². The third-order valence-corrected chi connectivity index (χ3v) is 9.63. The molecule has 8 nitrogen and oxygen atoms in total. The fourth-order valence-electron chi connectivity index (χ4n) is 5.04. The van der Waals surface area contributed by atoms with Crippen LogP contribution in [0.15, 0.2) is 69.5 Å². The van der Waals surface area contributed by atoms with Crippen LogP contribution in [-0.2, 0) is 9.59 Å². The van der Waals surface area contributed by atoms with E-state index in [1.807, 2.05) is 13.8 Å². The van der Waals surface area contributed by atoms with E-state index < -0.39 is 5.92 Å². The van der Waals surface area contributed by atoms with Gasteiger partial charge in [0.1, 0.15) is 5.82 Å². The zero-order valence-electron chi connectivity index (χ0n) is 21.9. The summed E-state index contributed by atoms with van der Waals surface area (Å²) in [6, 6.07) is 14.1. The topological polar surface area (TPSA) is 125 Å². The van der Waals surface area contributed by atoms with Gasteiger partial charge in [0, 0.05) is 44.0 Å². The van der Waals surface area contributed by atoms with Crippen molar-refractivity contribution in [1.29, 1.82) is 5.26 Å². The molecule has 0 spiro atoms. The number of ketones is 1. The Morgan fingerprint density at radius 3 is 2.59 bits per heavy atom. The highest BCUT2D eigenvalue weighted by molar-refractivity contribution is 8.01. The van der Waals surface area contributed by atoms with Crippen LogP contribution >= 0.6 is 57.9 Å². The first-order valence-electron chi connectivity index (χ1n) is 12.4. The number of nitrogens with zero attached hydrogens (tertiary/aromatic N) is 4. The van der Waals surface area contributed by atoms with Crippen LogP contribution in [0.1, 0.15) is 38.2 Å². The molecule has 1 aromatic heterocycles. The maximum Gasteiger partial charge on any atom is 0.234 e. The van der Waals surface area contributed by atoms with Crippen molar-refractivity contribution in [3.8, 4) is 6.07 Å². The highest BCUT2D eigenvalue weighted by Gasteiger charge is 2.46. The Kier molecular flexibility index (Phi) is 8.37. The maximum atomic E-state index is 13.7. The maximum absolute atomic E-state index is 13.7. The first kappa shape index (κ1) is 29.4. The van der Waals surface area contributed by atoms with Gasteiger partial charge in [0.25, 0.3) is 0 Å². The SMILES string of the molecule is CC1(C)CC(=O)C2=C(C1)N(c1nnc(SCC(=O)Nc3cccc(Cl)c3)s1)C(N)=C(C#N)C2c1c(Cl)cccc1Cl. The molecule has 41 heavy (non-hydrogen) atoms. The van der Waals surface area contributed by atoms with Gasteiger partial charge in [0.2, 0.25) is 11.0 Å². The molecule has 2 aromatic carbocycles. The van der Waals surface area contributed by atoms with Gasteiger partial charge in [-0.1, -0.05) is 83.9 Å². The molecular weight excluding hydrogens is 623 g/mol. The number of carbonyl (C=O) groups is 2. The number of nitriles is 1. The van der Waals surface area contributed by atoms with Crippen molar-refractivity contribution in [3.63, 3.8) is 0 Å². The molecule has 2 heterocycles. The Morgan fingerprint density at radius 2 is 1.90 bits per heavy atom. The van der Waals surface area contributed by atoms with Crippen LogP contribution in [0.3, 0.4) is 0 Å². The van der Waals surface area contributed by atoms with Crippen molar-refractivity contribution < 1.29 is 9.59 Å². The number of carbonyl (C=O) groups excluding carboxylic acids is 2. The second-order valence-corrected chi connectivity index (χ2v) is 13.7. The molecule has 210 valence electrons. The number of hydrogen-bond donors (Lipinski definition) is 2. The normalized spacial score (nSPS) is 18.3. The molecule has 1 unspecified atom stereocenters. The van der Waals surface area contributed by atoms with E-state index in [9.17, 15) is 14.9 Å². The minimum absolute atomic E-state index is 0.0858. The quantitative estimate of drug-likeness (QED) is 0.270. The van der Waals surface area contributed by atoms with Crippen molar-refractivity contribution in [2.75, 3.05) is 16.0 Å². The molecule has 0 radical (unpaired) electrons. The lowest BCUT2D eigenvalue weighted by Crippen LogP contribution is -2.42. The van der Waals surface area contributed by atoms with E-state index in [1.54, 1.807) is 47.4 Å². The molecule has 3 N–H and O–H groups in total. The molecule has 5 rings (SSSR count). The lowest BCUT2D eigenvalue weighted by atomic mass is 9.68. The molecule has 0 saturated carbocycles. The van der Waals surface area contributed by atoms with Gasteiger partial charge in [0.05, 0.1) is 23.3 Å². The minimum atomic E-state index is -0.812. The molecule has 1 aliphatic heterocycles. The summed E-state index contributed by atoms with van der Waals surface area (Å²) in [5, 5.41) is 23.2. The number of nitrogens with one attached hydrogen (secondary N) is 1. The van der Waals surface area contributed by atoms with Crippen LogP contribution in [0.4, 0.5) is 10.8 Å². The lowest BCUT2D eigenvalue weighted by molar-refractivity contribution is -0.118. The predicted molar refractivity (Wildman–Crippen MR) is 164 cm³/mol. The van der Waals surface area contributed by atoms with Gasteiger partial charge in [-0.25, -0.2) is 0 Å². The molecule has 13 heteroatoms. The zero-order chi connectivity index (χ0) is 29.5. The van der Waals surface area contributed by atoms with Crippen LogP contribution < -0.4 is 16.0 Å². The summed E-state index contributed by atoms with van der Waals surface area (Å²) in [4.78, 5) is 27.9. The van der Waals surface area contributed by atoms with Crippen molar-refractivity contribution in [2.24, 2.45) is 11.1 Å². The monoisotopic (exact) mass is 644 g/mol. The largest absolute Gasteiger partial charge is 0.384 e. The van der Waals surface area contributed by atoms with E-state index >= 15 is 0 Å². The highest BCUT2D eigenvalue weighted by atomic mass is 35.5. The van der Waals surface area contributed by atoms with Crippen LogP contribution in [0.2, 0.25) is 15.1 Å². The number of nitrogens with two attached hydrogens (primary N) is 1. The molecule has 3 aromatic rings. The van der Waals surface area contributed by atoms with Crippen LogP contribution in [0, 0.1) is 16.7 Å². The molecule has 0 fully saturated rings. The number of rotatable bonds is 6. The first-order chi connectivity index (χ1) is 19.5. The average Bonchev–Trinajstić information content (AvgIpc) is 3.35. The van der Waals surface area contributed by atoms with Gasteiger partial charge >= 0.3 is 0 Å². The smallest absolute Gasteiger partial charge is 0.234 e. The van der Waals surface area contributed by atoms with Gasteiger partial charge in [-0.15, -0.1) is 10.2 Å². The summed E-state index contributed by atoms with van der Waals surface area (Å²) >= 11 is 21.6. The first-order valence-corrected chi connectivity index (χ1v) is 15.3. The summed E-state index contributed by atoms with van der Waals surface area (Å²) in [6.45, 7) is 4.01. The molecule has 0 saturated heterocycles. The van der Waals surface area contributed by atoms with Crippen molar-refractivity contribution in [1.82, 2.24) is 10.2 Å². The number of halogens is 3. The molecular formula is C28H23Cl3N6O2S2. The molecule has 0 bridgehead atoms. The van der Waals surface area contributed by atoms with Crippen molar-refractivity contribution in [2.45, 2.75) is 36.9 Å². The number of thioether (sulfide) groups is 1. The van der Waals surface area contributed by atoms with Gasteiger partial charge in [-0.2, -0.15) is 5.26 Å². The molecule has 1 aliphatic carbocycles. The van der Waals surface area contributed by atoms with Gasteiger partial charge in [-0.05, 0) is 42.2 Å². The summed E-state index contributed by atoms with van der Waals surface area (Å²) in [7, 11) is 0. The van der Waals surface area contributed by atoms with Crippen LogP contribution in [-0.4, -0.2) is 27.6 Å². The Morgan fingerprint density at radius 1 is 1.20 bits per heavy atom. The third-order valence-electron chi connectivity index (χ3n) is 6.69. The van der Waals surface area contributed by atoms with E-state index in [1.165, 1.54) is 23.1 Å². The van der Waals surface area contributed by atoms with Crippen molar-refractivity contribution >= 4 is 80.4 Å². The fourth-order valence-corrected chi connectivity index (χ4v) is 7.53. The summed E-state index contributed by atoms with van der Waals surface area (Å²) in [6.07, 6.45) is 0.784. The van der Waals surface area contributed by atoms with E-state index in [0.717, 1.165) is 0 Å². The number of allylic oxidation sites excluding steroid dienone is 3. The van der Waals surface area contributed by atoms with Crippen LogP contribution in [0.25, 0.3) is 0 Å². The van der Waals surface area contributed by atoms with Gasteiger partial charge in [0.15, 0.2) is 10.1 Å². The van der Waals surface area contributed by atoms with E-state index in [-0.39, 0.29) is 40.7 Å². The van der Waals surface area contributed by atoms with Gasteiger partial charge in [-0.3, -0.25) is 14.5 Å². The third kappa shape index (κ3) is 5.96. The molecule has 2 aliphatic rings. The second-order valence-electron chi connectivity index (χ2n) is 10.3. The Bertz CT molecular complexity index is 1660. The Labute approximate surface area is 260 Å². The summed E-state index contributed by atoms with van der Waals surface area (Å²) in [5.74, 6) is -0.943. The number of Topliss-reactive ketones (excluding diaryl/α,β-unsaturated/α-hetero) is 1. The average molecular weight is 646 g/mol. The van der Waals surface area contributed by atoms with E-state index in [2.05, 4.69) is 21.6 Å². The second kappa shape index (κ2) is 11.7. The number of anilines is 2. The Hall–Kier alpha value is -3.07. The number of benzene rings is 2. The summed E-state index contributed by atoms with van der Waals surface area (Å²) in [5.41, 5.74) is 8.58. The number of amides is 1. The Balaban J connectivity index is 1.50. The number of aromatic nitrogens is 2. The summed E-state index contributed by atoms with van der Waals surface area (Å²) < 4.78 is 0.521. The fraction of sp³-hybridized carbons (Fsp3) is 0.250. The van der Waals surface area contributed by atoms with Crippen molar-refractivity contribution in [3.05, 3.63) is 85.8 Å². The number of hydrogen-bond acceptors (Lipinski definition) is 9. The minimum Gasteiger partial charge on any atom is -0.384 e.